The molecular formula is C12H26N2O. The van der Waals surface area contributed by atoms with E-state index in [0.29, 0.717) is 0 Å². The third-order valence-electron chi connectivity index (χ3n) is 3.71. The van der Waals surface area contributed by atoms with Gasteiger partial charge in [-0.05, 0) is 38.9 Å². The van der Waals surface area contributed by atoms with E-state index in [1.54, 1.807) is 0 Å². The van der Waals surface area contributed by atoms with E-state index in [9.17, 15) is 5.11 Å². The van der Waals surface area contributed by atoms with Crippen molar-refractivity contribution in [1.29, 1.82) is 0 Å². The number of nitrogens with one attached hydrogen (secondary N) is 1. The van der Waals surface area contributed by atoms with Gasteiger partial charge >= 0.3 is 0 Å². The van der Waals surface area contributed by atoms with Gasteiger partial charge in [0, 0.05) is 25.1 Å². The minimum Gasteiger partial charge on any atom is -0.396 e. The van der Waals surface area contributed by atoms with Crippen LogP contribution in [0.15, 0.2) is 0 Å². The molecule has 0 aliphatic carbocycles. The molecule has 0 aromatic heterocycles. The van der Waals surface area contributed by atoms with Gasteiger partial charge in [-0.2, -0.15) is 0 Å². The van der Waals surface area contributed by atoms with E-state index in [2.05, 4.69) is 31.1 Å². The molecule has 1 rings (SSSR count). The molecule has 0 bridgehead atoms. The summed E-state index contributed by atoms with van der Waals surface area (Å²) in [6.45, 7) is 9.04. The minimum absolute atomic E-state index is 0.0600. The van der Waals surface area contributed by atoms with Crippen molar-refractivity contribution in [2.45, 2.75) is 26.7 Å². The van der Waals surface area contributed by atoms with Gasteiger partial charge in [0.25, 0.3) is 0 Å². The van der Waals surface area contributed by atoms with Gasteiger partial charge in [0.1, 0.15) is 0 Å². The third-order valence-corrected chi connectivity index (χ3v) is 3.71. The quantitative estimate of drug-likeness (QED) is 0.690. The molecule has 2 atom stereocenters. The van der Waals surface area contributed by atoms with E-state index >= 15 is 0 Å². The van der Waals surface area contributed by atoms with Crippen LogP contribution in [-0.2, 0) is 0 Å². The fourth-order valence-electron chi connectivity index (χ4n) is 2.06. The molecule has 1 saturated heterocycles. The fourth-order valence-corrected chi connectivity index (χ4v) is 2.06. The van der Waals surface area contributed by atoms with Crippen LogP contribution in [0.25, 0.3) is 0 Å². The summed E-state index contributed by atoms with van der Waals surface area (Å²) in [5.74, 6) is 0.801. The summed E-state index contributed by atoms with van der Waals surface area (Å²) in [5, 5.41) is 12.8. The Bertz CT molecular complexity index is 180. The first-order valence-electron chi connectivity index (χ1n) is 6.10. The van der Waals surface area contributed by atoms with Gasteiger partial charge in [-0.3, -0.25) is 0 Å². The highest BCUT2D eigenvalue weighted by Crippen LogP contribution is 2.19. The molecule has 1 aliphatic heterocycles. The minimum atomic E-state index is 0.0600. The average molecular weight is 214 g/mol. The van der Waals surface area contributed by atoms with E-state index in [0.717, 1.165) is 25.4 Å². The summed E-state index contributed by atoms with van der Waals surface area (Å²) >= 11 is 0. The first kappa shape index (κ1) is 12.9. The Morgan fingerprint density at radius 2 is 2.27 bits per heavy atom. The maximum Gasteiger partial charge on any atom is 0.0496 e. The van der Waals surface area contributed by atoms with Crippen LogP contribution in [0.4, 0.5) is 0 Å². The molecule has 1 fully saturated rings. The standard InChI is InChI=1S/C12H26N2O/c1-4-12(2,10-15)9-13-7-11-5-6-14(3)8-11/h11,13,15H,4-10H2,1-3H3. The Morgan fingerprint density at radius 3 is 2.73 bits per heavy atom. The van der Waals surface area contributed by atoms with Gasteiger partial charge < -0.3 is 15.3 Å². The molecule has 0 saturated carbocycles. The molecule has 1 aliphatic rings. The Morgan fingerprint density at radius 1 is 1.53 bits per heavy atom. The SMILES string of the molecule is CCC(C)(CO)CNCC1CCN(C)C1. The molecule has 90 valence electrons. The molecule has 1 heterocycles. The normalized spacial score (nSPS) is 26.8. The largest absolute Gasteiger partial charge is 0.396 e. The molecule has 0 amide bonds. The van der Waals surface area contributed by atoms with Gasteiger partial charge in [0.2, 0.25) is 0 Å². The highest BCUT2D eigenvalue weighted by molar-refractivity contribution is 4.78. The predicted octanol–water partition coefficient (Wildman–Crippen LogP) is 0.936. The van der Waals surface area contributed by atoms with E-state index in [4.69, 9.17) is 0 Å². The Labute approximate surface area is 93.9 Å². The van der Waals surface area contributed by atoms with Crippen molar-refractivity contribution < 1.29 is 5.11 Å². The topological polar surface area (TPSA) is 35.5 Å². The lowest BCUT2D eigenvalue weighted by Gasteiger charge is -2.26. The Hall–Kier alpha value is -0.120. The van der Waals surface area contributed by atoms with Crippen molar-refractivity contribution >= 4 is 0 Å². The molecular weight excluding hydrogens is 188 g/mol. The summed E-state index contributed by atoms with van der Waals surface area (Å²) in [4.78, 5) is 2.39. The van der Waals surface area contributed by atoms with Crippen molar-refractivity contribution in [3.05, 3.63) is 0 Å². The number of likely N-dealkylation sites (tertiary alicyclic amines) is 1. The van der Waals surface area contributed by atoms with Crippen LogP contribution in [0.3, 0.4) is 0 Å². The van der Waals surface area contributed by atoms with Gasteiger partial charge in [0.05, 0.1) is 0 Å². The number of hydrogen-bond donors (Lipinski definition) is 2. The number of hydrogen-bond acceptors (Lipinski definition) is 3. The van der Waals surface area contributed by atoms with E-state index in [-0.39, 0.29) is 12.0 Å². The van der Waals surface area contributed by atoms with Crippen LogP contribution >= 0.6 is 0 Å². The summed E-state index contributed by atoms with van der Waals surface area (Å²) in [6.07, 6.45) is 2.34. The van der Waals surface area contributed by atoms with Crippen LogP contribution in [0.2, 0.25) is 0 Å². The number of aliphatic hydroxyl groups excluding tert-OH is 1. The molecule has 2 unspecified atom stereocenters. The van der Waals surface area contributed by atoms with Gasteiger partial charge in [-0.1, -0.05) is 13.8 Å². The van der Waals surface area contributed by atoms with E-state index < -0.39 is 0 Å². The number of nitrogens with zero attached hydrogens (tertiary/aromatic N) is 1. The highest BCUT2D eigenvalue weighted by atomic mass is 16.3. The second-order valence-electron chi connectivity index (χ2n) is 5.37. The lowest BCUT2D eigenvalue weighted by atomic mass is 9.88. The molecule has 3 nitrogen and oxygen atoms in total. The van der Waals surface area contributed by atoms with E-state index in [1.807, 2.05) is 0 Å². The van der Waals surface area contributed by atoms with E-state index in [1.165, 1.54) is 19.5 Å². The summed E-state index contributed by atoms with van der Waals surface area (Å²) < 4.78 is 0. The molecule has 0 aromatic carbocycles. The smallest absolute Gasteiger partial charge is 0.0496 e. The van der Waals surface area contributed by atoms with Gasteiger partial charge in [-0.15, -0.1) is 0 Å². The molecule has 15 heavy (non-hydrogen) atoms. The first-order chi connectivity index (χ1) is 7.09. The molecule has 0 radical (unpaired) electrons. The van der Waals surface area contributed by atoms with Gasteiger partial charge in [0.15, 0.2) is 0 Å². The Kier molecular flexibility index (Phi) is 5.03. The number of rotatable bonds is 6. The van der Waals surface area contributed by atoms with Crippen molar-refractivity contribution in [2.75, 3.05) is 39.8 Å². The maximum absolute atomic E-state index is 9.27. The Balaban J connectivity index is 2.15. The monoisotopic (exact) mass is 214 g/mol. The molecule has 0 aromatic rings. The summed E-state index contributed by atoms with van der Waals surface area (Å²) in [5.41, 5.74) is 0.0600. The molecule has 0 spiro atoms. The number of aliphatic hydroxyl groups is 1. The van der Waals surface area contributed by atoms with Crippen LogP contribution in [-0.4, -0.2) is 49.8 Å². The lowest BCUT2D eigenvalue weighted by molar-refractivity contribution is 0.134. The fraction of sp³-hybridized carbons (Fsp3) is 1.00. The second-order valence-corrected chi connectivity index (χ2v) is 5.37. The lowest BCUT2D eigenvalue weighted by Crippen LogP contribution is -2.37. The van der Waals surface area contributed by atoms with Crippen LogP contribution < -0.4 is 5.32 Å². The first-order valence-corrected chi connectivity index (χ1v) is 6.10. The average Bonchev–Trinajstić information content (AvgIpc) is 2.64. The van der Waals surface area contributed by atoms with Crippen molar-refractivity contribution in [3.8, 4) is 0 Å². The van der Waals surface area contributed by atoms with Crippen LogP contribution in [0.1, 0.15) is 26.7 Å². The predicted molar refractivity (Wildman–Crippen MR) is 64.0 cm³/mol. The summed E-state index contributed by atoms with van der Waals surface area (Å²) in [6, 6.07) is 0. The second kappa shape index (κ2) is 5.83. The van der Waals surface area contributed by atoms with Crippen molar-refractivity contribution in [2.24, 2.45) is 11.3 Å². The molecule has 3 heteroatoms. The van der Waals surface area contributed by atoms with Gasteiger partial charge in [-0.25, -0.2) is 0 Å². The zero-order valence-electron chi connectivity index (χ0n) is 10.4. The maximum atomic E-state index is 9.27. The van der Waals surface area contributed by atoms with Crippen LogP contribution in [0, 0.1) is 11.3 Å². The zero-order chi connectivity index (χ0) is 11.3. The summed E-state index contributed by atoms with van der Waals surface area (Å²) in [7, 11) is 2.18. The van der Waals surface area contributed by atoms with Crippen molar-refractivity contribution in [1.82, 2.24) is 10.2 Å². The van der Waals surface area contributed by atoms with Crippen molar-refractivity contribution in [3.63, 3.8) is 0 Å². The highest BCUT2D eigenvalue weighted by Gasteiger charge is 2.23. The van der Waals surface area contributed by atoms with Crippen LogP contribution in [0.5, 0.6) is 0 Å². The molecule has 2 N–H and O–H groups in total. The zero-order valence-corrected chi connectivity index (χ0v) is 10.4. The third kappa shape index (κ3) is 4.09.